The molecule has 0 bridgehead atoms. The molecule has 1 aromatic carbocycles. The number of esters is 1. The van der Waals surface area contributed by atoms with Crippen LogP contribution >= 0.6 is 0 Å². The summed E-state index contributed by atoms with van der Waals surface area (Å²) in [6.45, 7) is 4.59. The van der Waals surface area contributed by atoms with E-state index in [-0.39, 0.29) is 5.56 Å². The summed E-state index contributed by atoms with van der Waals surface area (Å²) in [7, 11) is 1.28. The SMILES string of the molecule is COC(=O)C(NCC(C)C)c1cccc(C(F)F)c1. The predicted molar refractivity (Wildman–Crippen MR) is 69.0 cm³/mol. The van der Waals surface area contributed by atoms with Gasteiger partial charge in [0.25, 0.3) is 6.43 Å². The van der Waals surface area contributed by atoms with Crippen molar-refractivity contribution in [1.82, 2.24) is 5.32 Å². The molecule has 5 heteroatoms. The standard InChI is InChI=1S/C14H19F2NO2/c1-9(2)8-17-12(14(18)19-3)10-5-4-6-11(7-10)13(15)16/h4-7,9,12-13,17H,8H2,1-3H3. The smallest absolute Gasteiger partial charge is 0.327 e. The lowest BCUT2D eigenvalue weighted by atomic mass is 10.0. The van der Waals surface area contributed by atoms with Crippen molar-refractivity contribution in [1.29, 1.82) is 0 Å². The minimum absolute atomic E-state index is 0.0993. The average Bonchev–Trinajstić information content (AvgIpc) is 2.38. The highest BCUT2D eigenvalue weighted by atomic mass is 19.3. The van der Waals surface area contributed by atoms with Gasteiger partial charge in [0, 0.05) is 5.56 Å². The first-order valence-electron chi connectivity index (χ1n) is 6.15. The number of hydrogen-bond acceptors (Lipinski definition) is 3. The van der Waals surface area contributed by atoms with Gasteiger partial charge >= 0.3 is 5.97 Å². The van der Waals surface area contributed by atoms with E-state index in [9.17, 15) is 13.6 Å². The second-order valence-electron chi connectivity index (χ2n) is 4.73. The molecule has 106 valence electrons. The molecule has 0 saturated carbocycles. The molecule has 0 saturated heterocycles. The molecular weight excluding hydrogens is 252 g/mol. The largest absolute Gasteiger partial charge is 0.468 e. The fraction of sp³-hybridized carbons (Fsp3) is 0.500. The molecule has 0 aliphatic heterocycles. The zero-order valence-corrected chi connectivity index (χ0v) is 11.3. The molecule has 0 aliphatic carbocycles. The van der Waals surface area contributed by atoms with Crippen molar-refractivity contribution in [2.45, 2.75) is 26.3 Å². The topological polar surface area (TPSA) is 38.3 Å². The number of rotatable bonds is 6. The van der Waals surface area contributed by atoms with Crippen molar-refractivity contribution in [2.24, 2.45) is 5.92 Å². The van der Waals surface area contributed by atoms with Crippen LogP contribution in [0.4, 0.5) is 8.78 Å². The monoisotopic (exact) mass is 271 g/mol. The summed E-state index contributed by atoms with van der Waals surface area (Å²) < 4.78 is 30.1. The number of halogens is 2. The van der Waals surface area contributed by atoms with Crippen LogP contribution in [0.25, 0.3) is 0 Å². The van der Waals surface area contributed by atoms with Gasteiger partial charge < -0.3 is 10.1 Å². The Kier molecular flexibility index (Phi) is 5.89. The number of carbonyl (C=O) groups excluding carboxylic acids is 1. The number of methoxy groups -OCH3 is 1. The Bertz CT molecular complexity index is 422. The average molecular weight is 271 g/mol. The lowest BCUT2D eigenvalue weighted by Crippen LogP contribution is -2.32. The lowest BCUT2D eigenvalue weighted by molar-refractivity contribution is -0.143. The lowest BCUT2D eigenvalue weighted by Gasteiger charge is -2.18. The first kappa shape index (κ1) is 15.6. The first-order valence-corrected chi connectivity index (χ1v) is 6.15. The fourth-order valence-corrected chi connectivity index (χ4v) is 1.68. The van der Waals surface area contributed by atoms with Crippen molar-refractivity contribution in [3.8, 4) is 0 Å². The number of hydrogen-bond donors (Lipinski definition) is 1. The molecule has 0 fully saturated rings. The van der Waals surface area contributed by atoms with Crippen LogP contribution in [-0.2, 0) is 9.53 Å². The van der Waals surface area contributed by atoms with Gasteiger partial charge in [-0.3, -0.25) is 0 Å². The van der Waals surface area contributed by atoms with Gasteiger partial charge in [0.2, 0.25) is 0 Å². The Morgan fingerprint density at radius 3 is 2.47 bits per heavy atom. The Hall–Kier alpha value is -1.49. The second kappa shape index (κ2) is 7.19. The molecule has 0 amide bonds. The molecule has 0 aliphatic rings. The summed E-state index contributed by atoms with van der Waals surface area (Å²) in [5.74, 6) is -0.141. The Balaban J connectivity index is 2.96. The van der Waals surface area contributed by atoms with Crippen LogP contribution in [0.5, 0.6) is 0 Å². The van der Waals surface area contributed by atoms with Gasteiger partial charge in [-0.15, -0.1) is 0 Å². The molecule has 0 radical (unpaired) electrons. The van der Waals surface area contributed by atoms with E-state index < -0.39 is 18.4 Å². The minimum Gasteiger partial charge on any atom is -0.468 e. The van der Waals surface area contributed by atoms with Crippen molar-refractivity contribution in [2.75, 3.05) is 13.7 Å². The zero-order chi connectivity index (χ0) is 14.4. The number of ether oxygens (including phenoxy) is 1. The molecular formula is C14H19F2NO2. The number of nitrogens with one attached hydrogen (secondary N) is 1. The van der Waals surface area contributed by atoms with Gasteiger partial charge in [-0.25, -0.2) is 13.6 Å². The third-order valence-electron chi connectivity index (χ3n) is 2.66. The van der Waals surface area contributed by atoms with E-state index in [0.29, 0.717) is 18.0 Å². The van der Waals surface area contributed by atoms with Crippen LogP contribution in [0, 0.1) is 5.92 Å². The minimum atomic E-state index is -2.55. The first-order chi connectivity index (χ1) is 8.95. The summed E-state index contributed by atoms with van der Waals surface area (Å²) in [5, 5.41) is 3.03. The zero-order valence-electron chi connectivity index (χ0n) is 11.3. The summed E-state index contributed by atoms with van der Waals surface area (Å²) in [6, 6.07) is 5.11. The molecule has 1 rings (SSSR count). The van der Waals surface area contributed by atoms with Crippen LogP contribution < -0.4 is 5.32 Å². The summed E-state index contributed by atoms with van der Waals surface area (Å²) in [4.78, 5) is 11.7. The third kappa shape index (κ3) is 4.59. The molecule has 0 aromatic heterocycles. The van der Waals surface area contributed by atoms with Gasteiger partial charge in [0.15, 0.2) is 0 Å². The van der Waals surface area contributed by atoms with Gasteiger partial charge in [-0.2, -0.15) is 0 Å². The summed E-state index contributed by atoms with van der Waals surface area (Å²) in [6.07, 6.45) is -2.55. The molecule has 3 nitrogen and oxygen atoms in total. The van der Waals surface area contributed by atoms with Crippen LogP contribution in [0.15, 0.2) is 24.3 Å². The van der Waals surface area contributed by atoms with E-state index in [1.165, 1.54) is 25.3 Å². The summed E-state index contributed by atoms with van der Waals surface area (Å²) >= 11 is 0. The van der Waals surface area contributed by atoms with Gasteiger partial charge in [-0.1, -0.05) is 32.0 Å². The second-order valence-corrected chi connectivity index (χ2v) is 4.73. The molecule has 1 aromatic rings. The van der Waals surface area contributed by atoms with Crippen LogP contribution in [0.1, 0.15) is 37.4 Å². The molecule has 1 unspecified atom stereocenters. The van der Waals surface area contributed by atoms with E-state index in [1.54, 1.807) is 6.07 Å². The van der Waals surface area contributed by atoms with E-state index in [0.717, 1.165) is 0 Å². The normalized spacial score (nSPS) is 12.8. The Morgan fingerprint density at radius 1 is 1.32 bits per heavy atom. The maximum absolute atomic E-state index is 12.7. The summed E-state index contributed by atoms with van der Waals surface area (Å²) in [5.41, 5.74) is 0.392. The number of benzene rings is 1. The van der Waals surface area contributed by atoms with Crippen molar-refractivity contribution >= 4 is 5.97 Å². The maximum Gasteiger partial charge on any atom is 0.327 e. The van der Waals surface area contributed by atoms with Crippen LogP contribution in [-0.4, -0.2) is 19.6 Å². The van der Waals surface area contributed by atoms with Crippen LogP contribution in [0.2, 0.25) is 0 Å². The highest BCUT2D eigenvalue weighted by Gasteiger charge is 2.22. The Morgan fingerprint density at radius 2 is 1.95 bits per heavy atom. The van der Waals surface area contributed by atoms with E-state index >= 15 is 0 Å². The number of alkyl halides is 2. The fourth-order valence-electron chi connectivity index (χ4n) is 1.68. The van der Waals surface area contributed by atoms with Crippen LogP contribution in [0.3, 0.4) is 0 Å². The molecule has 0 heterocycles. The van der Waals surface area contributed by atoms with E-state index in [1.807, 2.05) is 13.8 Å². The molecule has 19 heavy (non-hydrogen) atoms. The predicted octanol–water partition coefficient (Wildman–Crippen LogP) is 3.08. The number of carbonyl (C=O) groups is 1. The van der Waals surface area contributed by atoms with E-state index in [4.69, 9.17) is 4.74 Å². The van der Waals surface area contributed by atoms with Crippen molar-refractivity contribution < 1.29 is 18.3 Å². The highest BCUT2D eigenvalue weighted by molar-refractivity contribution is 5.77. The maximum atomic E-state index is 12.7. The molecule has 1 atom stereocenters. The Labute approximate surface area is 112 Å². The van der Waals surface area contributed by atoms with Crippen molar-refractivity contribution in [3.63, 3.8) is 0 Å². The molecule has 0 spiro atoms. The highest BCUT2D eigenvalue weighted by Crippen LogP contribution is 2.23. The van der Waals surface area contributed by atoms with Gasteiger partial charge in [0.05, 0.1) is 7.11 Å². The quantitative estimate of drug-likeness (QED) is 0.808. The molecule has 1 N–H and O–H groups in total. The van der Waals surface area contributed by atoms with E-state index in [2.05, 4.69) is 5.32 Å². The third-order valence-corrected chi connectivity index (χ3v) is 2.66. The van der Waals surface area contributed by atoms with Gasteiger partial charge in [0.1, 0.15) is 6.04 Å². The van der Waals surface area contributed by atoms with Gasteiger partial charge in [-0.05, 0) is 24.1 Å². The van der Waals surface area contributed by atoms with Crippen molar-refractivity contribution in [3.05, 3.63) is 35.4 Å².